The van der Waals surface area contributed by atoms with Gasteiger partial charge >= 0.3 is 0 Å². The Hall–Kier alpha value is -4.54. The van der Waals surface area contributed by atoms with Crippen molar-refractivity contribution in [3.05, 3.63) is 65.4 Å². The second-order valence-corrected chi connectivity index (χ2v) is 7.18. The van der Waals surface area contributed by atoms with E-state index in [1.54, 1.807) is 6.92 Å². The van der Waals surface area contributed by atoms with E-state index in [-0.39, 0.29) is 40.5 Å². The van der Waals surface area contributed by atoms with Crippen molar-refractivity contribution in [1.82, 2.24) is 5.32 Å². The Balaban J connectivity index is 1.64. The summed E-state index contributed by atoms with van der Waals surface area (Å²) in [5.41, 5.74) is 0.537. The van der Waals surface area contributed by atoms with Crippen molar-refractivity contribution in [2.75, 3.05) is 38.5 Å². The van der Waals surface area contributed by atoms with E-state index in [9.17, 15) is 18.8 Å². The fourth-order valence-electron chi connectivity index (χ4n) is 3.19. The van der Waals surface area contributed by atoms with Gasteiger partial charge in [-0.3, -0.25) is 14.4 Å². The van der Waals surface area contributed by atoms with Gasteiger partial charge in [0.2, 0.25) is 11.7 Å². The summed E-state index contributed by atoms with van der Waals surface area (Å²) in [5.74, 6) is -1.09. The standard InChI is InChI=1S/C24H24FN3O7/c1-13-16(7-8-35-13)24(31)28-18-11-15(5-6-17(18)25)27-21(29)12-26-23(30)14-9-19(32-2)22(34-4)20(10-14)33-3/h5-11H,12H2,1-4H3,(H,26,30)(H,27,29)(H,28,31). The monoisotopic (exact) mass is 485 g/mol. The van der Waals surface area contributed by atoms with Crippen LogP contribution in [-0.4, -0.2) is 45.6 Å². The molecule has 0 radical (unpaired) electrons. The molecule has 0 saturated carbocycles. The second kappa shape index (κ2) is 11.1. The van der Waals surface area contributed by atoms with Crippen LogP contribution in [0.2, 0.25) is 0 Å². The van der Waals surface area contributed by atoms with Crippen molar-refractivity contribution < 1.29 is 37.4 Å². The molecule has 3 N–H and O–H groups in total. The molecule has 0 bridgehead atoms. The third-order valence-electron chi connectivity index (χ3n) is 4.94. The smallest absolute Gasteiger partial charge is 0.259 e. The zero-order valence-corrected chi connectivity index (χ0v) is 19.5. The van der Waals surface area contributed by atoms with Crippen LogP contribution in [0.25, 0.3) is 0 Å². The van der Waals surface area contributed by atoms with Crippen LogP contribution in [0.4, 0.5) is 15.8 Å². The Morgan fingerprint density at radius 1 is 0.914 bits per heavy atom. The topological polar surface area (TPSA) is 128 Å². The minimum absolute atomic E-state index is 0.130. The number of carbonyl (C=O) groups excluding carboxylic acids is 3. The first kappa shape index (κ1) is 25.1. The van der Waals surface area contributed by atoms with Crippen LogP contribution < -0.4 is 30.2 Å². The van der Waals surface area contributed by atoms with E-state index >= 15 is 0 Å². The molecule has 3 amide bonds. The average molecular weight is 485 g/mol. The van der Waals surface area contributed by atoms with Crippen LogP contribution in [0.5, 0.6) is 17.2 Å². The Morgan fingerprint density at radius 2 is 1.60 bits per heavy atom. The number of methoxy groups -OCH3 is 3. The normalized spacial score (nSPS) is 10.3. The van der Waals surface area contributed by atoms with Gasteiger partial charge < -0.3 is 34.6 Å². The highest BCUT2D eigenvalue weighted by molar-refractivity contribution is 6.05. The summed E-state index contributed by atoms with van der Waals surface area (Å²) >= 11 is 0. The number of furan rings is 1. The van der Waals surface area contributed by atoms with Crippen molar-refractivity contribution in [3.63, 3.8) is 0 Å². The van der Waals surface area contributed by atoms with Gasteiger partial charge in [0.15, 0.2) is 11.5 Å². The molecular weight excluding hydrogens is 461 g/mol. The lowest BCUT2D eigenvalue weighted by Crippen LogP contribution is -2.32. The molecule has 3 aromatic rings. The van der Waals surface area contributed by atoms with Gasteiger partial charge in [0.25, 0.3) is 11.8 Å². The van der Waals surface area contributed by atoms with E-state index in [0.29, 0.717) is 11.5 Å². The van der Waals surface area contributed by atoms with Crippen molar-refractivity contribution in [1.29, 1.82) is 0 Å². The Morgan fingerprint density at radius 3 is 2.17 bits per heavy atom. The van der Waals surface area contributed by atoms with Gasteiger partial charge in [-0.15, -0.1) is 0 Å². The number of hydrogen-bond donors (Lipinski definition) is 3. The maximum absolute atomic E-state index is 14.2. The molecule has 0 spiro atoms. The van der Waals surface area contributed by atoms with Gasteiger partial charge in [0.05, 0.1) is 45.4 Å². The molecular formula is C24H24FN3O7. The maximum atomic E-state index is 14.2. The summed E-state index contributed by atoms with van der Waals surface area (Å²) in [4.78, 5) is 37.2. The summed E-state index contributed by atoms with van der Waals surface area (Å²) in [7, 11) is 4.28. The van der Waals surface area contributed by atoms with E-state index in [2.05, 4.69) is 16.0 Å². The largest absolute Gasteiger partial charge is 0.493 e. The summed E-state index contributed by atoms with van der Waals surface area (Å²) in [6.07, 6.45) is 1.35. The van der Waals surface area contributed by atoms with Crippen molar-refractivity contribution in [3.8, 4) is 17.2 Å². The molecule has 184 valence electrons. The third kappa shape index (κ3) is 5.88. The van der Waals surface area contributed by atoms with E-state index in [0.717, 1.165) is 6.07 Å². The van der Waals surface area contributed by atoms with Gasteiger partial charge in [-0.2, -0.15) is 0 Å². The predicted octanol–water partition coefficient (Wildman–Crippen LogP) is 3.37. The number of rotatable bonds is 9. The number of hydrogen-bond acceptors (Lipinski definition) is 7. The second-order valence-electron chi connectivity index (χ2n) is 7.18. The molecule has 10 nitrogen and oxygen atoms in total. The van der Waals surface area contributed by atoms with Crippen LogP contribution in [0.15, 0.2) is 47.1 Å². The lowest BCUT2D eigenvalue weighted by Gasteiger charge is -2.14. The number of aryl methyl sites for hydroxylation is 1. The van der Waals surface area contributed by atoms with Gasteiger partial charge in [0.1, 0.15) is 11.6 Å². The molecule has 3 rings (SSSR count). The molecule has 0 saturated heterocycles. The van der Waals surface area contributed by atoms with Crippen LogP contribution in [0.1, 0.15) is 26.5 Å². The molecule has 1 aromatic heterocycles. The number of halogens is 1. The zero-order valence-electron chi connectivity index (χ0n) is 19.5. The number of carbonyl (C=O) groups is 3. The maximum Gasteiger partial charge on any atom is 0.259 e. The summed E-state index contributed by atoms with van der Waals surface area (Å²) < 4.78 is 34.9. The number of benzene rings is 2. The van der Waals surface area contributed by atoms with Gasteiger partial charge in [-0.1, -0.05) is 0 Å². The van der Waals surface area contributed by atoms with Gasteiger partial charge in [0, 0.05) is 11.3 Å². The SMILES string of the molecule is COc1cc(C(=O)NCC(=O)Nc2ccc(F)c(NC(=O)c3ccoc3C)c2)cc(OC)c1OC. The lowest BCUT2D eigenvalue weighted by molar-refractivity contribution is -0.115. The van der Waals surface area contributed by atoms with Crippen LogP contribution >= 0.6 is 0 Å². The van der Waals surface area contributed by atoms with Crippen LogP contribution in [0, 0.1) is 12.7 Å². The summed E-state index contributed by atoms with van der Waals surface area (Å²) in [5, 5.41) is 7.47. The van der Waals surface area contributed by atoms with Crippen LogP contribution in [-0.2, 0) is 4.79 Å². The molecule has 0 unspecified atom stereocenters. The quantitative estimate of drug-likeness (QED) is 0.424. The zero-order chi connectivity index (χ0) is 25.5. The third-order valence-corrected chi connectivity index (χ3v) is 4.94. The average Bonchev–Trinajstić information content (AvgIpc) is 3.29. The van der Waals surface area contributed by atoms with Crippen molar-refractivity contribution in [2.45, 2.75) is 6.92 Å². The molecule has 1 heterocycles. The Bertz CT molecular complexity index is 1230. The molecule has 0 aliphatic carbocycles. The van der Waals surface area contributed by atoms with E-state index in [1.165, 1.54) is 57.9 Å². The number of nitrogens with one attached hydrogen (secondary N) is 3. The fourth-order valence-corrected chi connectivity index (χ4v) is 3.19. The Kier molecular flexibility index (Phi) is 7.92. The highest BCUT2D eigenvalue weighted by Crippen LogP contribution is 2.38. The number of amides is 3. The molecule has 0 atom stereocenters. The fraction of sp³-hybridized carbons (Fsp3) is 0.208. The molecule has 11 heteroatoms. The minimum atomic E-state index is -0.687. The highest BCUT2D eigenvalue weighted by atomic mass is 19.1. The van der Waals surface area contributed by atoms with Crippen LogP contribution in [0.3, 0.4) is 0 Å². The van der Waals surface area contributed by atoms with Gasteiger partial charge in [-0.25, -0.2) is 4.39 Å². The summed E-state index contributed by atoms with van der Waals surface area (Å²) in [6.45, 7) is 1.23. The van der Waals surface area contributed by atoms with E-state index < -0.39 is 23.5 Å². The first-order valence-corrected chi connectivity index (χ1v) is 10.3. The molecule has 35 heavy (non-hydrogen) atoms. The number of ether oxygens (including phenoxy) is 3. The van der Waals surface area contributed by atoms with E-state index in [4.69, 9.17) is 18.6 Å². The lowest BCUT2D eigenvalue weighted by atomic mass is 10.1. The van der Waals surface area contributed by atoms with E-state index in [1.807, 2.05) is 0 Å². The molecule has 0 aliphatic heterocycles. The minimum Gasteiger partial charge on any atom is -0.493 e. The Labute approximate surface area is 200 Å². The van der Waals surface area contributed by atoms with Crippen molar-refractivity contribution in [2.24, 2.45) is 0 Å². The molecule has 0 fully saturated rings. The first-order chi connectivity index (χ1) is 16.8. The molecule has 2 aromatic carbocycles. The van der Waals surface area contributed by atoms with Gasteiger partial charge in [-0.05, 0) is 43.3 Å². The molecule has 0 aliphatic rings. The van der Waals surface area contributed by atoms with Crippen molar-refractivity contribution >= 4 is 29.1 Å². The summed E-state index contributed by atoms with van der Waals surface area (Å²) in [6, 6.07) is 8.05. The first-order valence-electron chi connectivity index (χ1n) is 10.3. The predicted molar refractivity (Wildman–Crippen MR) is 125 cm³/mol. The highest BCUT2D eigenvalue weighted by Gasteiger charge is 2.18. The number of anilines is 2.